The fourth-order valence-electron chi connectivity index (χ4n) is 2.50. The quantitative estimate of drug-likeness (QED) is 0.779. The number of carbonyl (C=O) groups is 1. The van der Waals surface area contributed by atoms with Crippen molar-refractivity contribution < 1.29 is 9.90 Å². The lowest BCUT2D eigenvalue weighted by Gasteiger charge is -2.13. The number of carbonyl (C=O) groups excluding carboxylic acids is 1. The highest BCUT2D eigenvalue weighted by Gasteiger charge is 2.11. The third-order valence-corrected chi connectivity index (χ3v) is 3.75. The zero-order chi connectivity index (χ0) is 16.2. The number of fused-ring (bicyclic) bond motifs is 1. The van der Waals surface area contributed by atoms with Crippen molar-refractivity contribution in [1.29, 1.82) is 0 Å². The molecule has 4 heteroatoms. The first-order valence-corrected chi connectivity index (χ1v) is 7.50. The van der Waals surface area contributed by atoms with Gasteiger partial charge in [-0.15, -0.1) is 0 Å². The molecule has 0 fully saturated rings. The van der Waals surface area contributed by atoms with Gasteiger partial charge in [0.15, 0.2) is 0 Å². The Morgan fingerprint density at radius 2 is 1.91 bits per heavy atom. The van der Waals surface area contributed by atoms with Crippen LogP contribution in [0.15, 0.2) is 60.9 Å². The molecule has 23 heavy (non-hydrogen) atoms. The van der Waals surface area contributed by atoms with Crippen LogP contribution < -0.4 is 5.32 Å². The van der Waals surface area contributed by atoms with E-state index in [-0.39, 0.29) is 12.5 Å². The zero-order valence-electron chi connectivity index (χ0n) is 12.9. The predicted octanol–water partition coefficient (Wildman–Crippen LogP) is 3.01. The van der Waals surface area contributed by atoms with Crippen LogP contribution in [0.3, 0.4) is 0 Å². The maximum Gasteiger partial charge on any atom is 0.252 e. The molecule has 116 valence electrons. The molecule has 1 unspecified atom stereocenters. The lowest BCUT2D eigenvalue weighted by atomic mass is 10.0. The smallest absolute Gasteiger partial charge is 0.252 e. The summed E-state index contributed by atoms with van der Waals surface area (Å²) in [6.45, 7) is 2.04. The van der Waals surface area contributed by atoms with Crippen LogP contribution in [-0.4, -0.2) is 22.5 Å². The van der Waals surface area contributed by atoms with E-state index in [0.29, 0.717) is 5.56 Å². The molecule has 2 N–H and O–H groups in total. The van der Waals surface area contributed by atoms with Gasteiger partial charge in [0.2, 0.25) is 0 Å². The van der Waals surface area contributed by atoms with Crippen molar-refractivity contribution in [3.05, 3.63) is 77.6 Å². The van der Waals surface area contributed by atoms with Crippen LogP contribution in [0.4, 0.5) is 0 Å². The maximum absolute atomic E-state index is 12.1. The Hall–Kier alpha value is -2.72. The van der Waals surface area contributed by atoms with Crippen LogP contribution in [0.25, 0.3) is 10.8 Å². The molecule has 0 aliphatic heterocycles. The fraction of sp³-hybridized carbons (Fsp3) is 0.158. The molecule has 3 aromatic rings. The molecule has 0 aliphatic carbocycles. The molecule has 1 aromatic heterocycles. The van der Waals surface area contributed by atoms with Crippen LogP contribution >= 0.6 is 0 Å². The number of aliphatic hydroxyl groups excluding tert-OH is 1. The monoisotopic (exact) mass is 306 g/mol. The van der Waals surface area contributed by atoms with Crippen LogP contribution in [0.1, 0.15) is 27.6 Å². The van der Waals surface area contributed by atoms with E-state index in [0.717, 1.165) is 21.9 Å². The van der Waals surface area contributed by atoms with Crippen molar-refractivity contribution >= 4 is 16.7 Å². The average Bonchev–Trinajstić information content (AvgIpc) is 2.59. The minimum Gasteiger partial charge on any atom is -0.387 e. The van der Waals surface area contributed by atoms with Crippen LogP contribution in [0, 0.1) is 6.92 Å². The van der Waals surface area contributed by atoms with Gasteiger partial charge in [-0.1, -0.05) is 36.4 Å². The highest BCUT2D eigenvalue weighted by Crippen LogP contribution is 2.20. The Labute approximate surface area is 134 Å². The van der Waals surface area contributed by atoms with Crippen LogP contribution in [-0.2, 0) is 0 Å². The molecule has 1 heterocycles. The van der Waals surface area contributed by atoms with Gasteiger partial charge in [0.05, 0.1) is 11.7 Å². The van der Waals surface area contributed by atoms with Gasteiger partial charge in [0, 0.05) is 18.9 Å². The van der Waals surface area contributed by atoms with Crippen molar-refractivity contribution in [2.24, 2.45) is 0 Å². The third kappa shape index (κ3) is 3.55. The molecule has 2 aromatic carbocycles. The standard InChI is InChI=1S/C19H18N2O2/c1-13-8-17(11-20-10-13)19(23)21-12-18(22)16-7-6-14-4-2-3-5-15(14)9-16/h2-11,18,22H,12H2,1H3,(H,21,23). The van der Waals surface area contributed by atoms with Gasteiger partial charge in [0.1, 0.15) is 0 Å². The topological polar surface area (TPSA) is 62.2 Å². The maximum atomic E-state index is 12.1. The first kappa shape index (κ1) is 15.2. The number of nitrogens with zero attached hydrogens (tertiary/aromatic N) is 1. The Bertz CT molecular complexity index is 845. The van der Waals surface area contributed by atoms with Gasteiger partial charge in [0.25, 0.3) is 5.91 Å². The minimum atomic E-state index is -0.749. The minimum absolute atomic E-state index is 0.158. The van der Waals surface area contributed by atoms with Gasteiger partial charge in [-0.25, -0.2) is 0 Å². The van der Waals surface area contributed by atoms with E-state index in [9.17, 15) is 9.90 Å². The van der Waals surface area contributed by atoms with Crippen LogP contribution in [0.2, 0.25) is 0 Å². The van der Waals surface area contributed by atoms with Gasteiger partial charge >= 0.3 is 0 Å². The first-order valence-electron chi connectivity index (χ1n) is 7.50. The highest BCUT2D eigenvalue weighted by atomic mass is 16.3. The van der Waals surface area contributed by atoms with Crippen molar-refractivity contribution in [2.45, 2.75) is 13.0 Å². The Morgan fingerprint density at radius 1 is 1.13 bits per heavy atom. The number of hydrogen-bond acceptors (Lipinski definition) is 3. The summed E-state index contributed by atoms with van der Waals surface area (Å²) in [6, 6.07) is 15.5. The Balaban J connectivity index is 1.68. The number of hydrogen-bond donors (Lipinski definition) is 2. The number of aliphatic hydroxyl groups is 1. The van der Waals surface area contributed by atoms with E-state index < -0.39 is 6.10 Å². The van der Waals surface area contributed by atoms with Crippen molar-refractivity contribution in [1.82, 2.24) is 10.3 Å². The molecule has 0 radical (unpaired) electrons. The van der Waals surface area contributed by atoms with Gasteiger partial charge in [-0.2, -0.15) is 0 Å². The largest absolute Gasteiger partial charge is 0.387 e. The zero-order valence-corrected chi connectivity index (χ0v) is 12.9. The average molecular weight is 306 g/mol. The summed E-state index contributed by atoms with van der Waals surface area (Å²) < 4.78 is 0. The molecular weight excluding hydrogens is 288 g/mol. The van der Waals surface area contributed by atoms with E-state index in [1.54, 1.807) is 12.3 Å². The third-order valence-electron chi connectivity index (χ3n) is 3.75. The number of aryl methyl sites for hydroxylation is 1. The highest BCUT2D eigenvalue weighted by molar-refractivity contribution is 5.94. The second kappa shape index (κ2) is 6.58. The molecule has 0 saturated heterocycles. The Kier molecular flexibility index (Phi) is 4.35. The molecule has 0 bridgehead atoms. The summed E-state index contributed by atoms with van der Waals surface area (Å²) in [7, 11) is 0. The molecule has 4 nitrogen and oxygen atoms in total. The van der Waals surface area contributed by atoms with Crippen molar-refractivity contribution in [3.63, 3.8) is 0 Å². The molecular formula is C19H18N2O2. The van der Waals surface area contributed by atoms with Gasteiger partial charge < -0.3 is 10.4 Å². The second-order valence-corrected chi connectivity index (χ2v) is 5.58. The van der Waals surface area contributed by atoms with Crippen molar-refractivity contribution in [2.75, 3.05) is 6.54 Å². The summed E-state index contributed by atoms with van der Waals surface area (Å²) in [4.78, 5) is 16.1. The molecule has 0 spiro atoms. The number of nitrogens with one attached hydrogen (secondary N) is 1. The van der Waals surface area contributed by atoms with Gasteiger partial charge in [-0.05, 0) is 41.0 Å². The SMILES string of the molecule is Cc1cncc(C(=O)NCC(O)c2ccc3ccccc3c2)c1. The number of rotatable bonds is 4. The predicted molar refractivity (Wildman–Crippen MR) is 90.2 cm³/mol. The summed E-state index contributed by atoms with van der Waals surface area (Å²) in [6.07, 6.45) is 2.46. The van der Waals surface area contributed by atoms with E-state index >= 15 is 0 Å². The number of aromatic nitrogens is 1. The molecule has 1 amide bonds. The number of benzene rings is 2. The van der Waals surface area contributed by atoms with E-state index in [1.165, 1.54) is 6.20 Å². The summed E-state index contributed by atoms with van der Waals surface area (Å²) in [5.41, 5.74) is 2.20. The molecule has 0 aliphatic rings. The Morgan fingerprint density at radius 3 is 2.70 bits per heavy atom. The number of amides is 1. The summed E-state index contributed by atoms with van der Waals surface area (Å²) in [5, 5.41) is 15.2. The second-order valence-electron chi connectivity index (χ2n) is 5.58. The number of pyridine rings is 1. The normalized spacial score (nSPS) is 12.1. The van der Waals surface area contributed by atoms with E-state index in [4.69, 9.17) is 0 Å². The van der Waals surface area contributed by atoms with E-state index in [2.05, 4.69) is 10.3 Å². The summed E-state index contributed by atoms with van der Waals surface area (Å²) >= 11 is 0. The van der Waals surface area contributed by atoms with Crippen molar-refractivity contribution in [3.8, 4) is 0 Å². The summed E-state index contributed by atoms with van der Waals surface area (Å²) in [5.74, 6) is -0.235. The fourth-order valence-corrected chi connectivity index (χ4v) is 2.50. The lowest BCUT2D eigenvalue weighted by Crippen LogP contribution is -2.28. The molecule has 0 saturated carbocycles. The van der Waals surface area contributed by atoms with Crippen LogP contribution in [0.5, 0.6) is 0 Å². The molecule has 3 rings (SSSR count). The lowest BCUT2D eigenvalue weighted by molar-refractivity contribution is 0.0916. The van der Waals surface area contributed by atoms with Gasteiger partial charge in [-0.3, -0.25) is 9.78 Å². The van der Waals surface area contributed by atoms with E-state index in [1.807, 2.05) is 49.4 Å². The first-order chi connectivity index (χ1) is 11.1. The molecule has 1 atom stereocenters.